The molecule has 0 fully saturated rings. The number of carbonyl (C=O) groups excluding carboxylic acids is 1. The van der Waals surface area contributed by atoms with Crippen molar-refractivity contribution < 1.29 is 23.1 Å². The first-order valence-electron chi connectivity index (χ1n) is 6.63. The number of nitrogens with one attached hydrogen (secondary N) is 1. The number of hydrogen-bond acceptors (Lipinski definition) is 4. The van der Waals surface area contributed by atoms with Crippen LogP contribution in [0.2, 0.25) is 0 Å². The molecule has 1 amide bonds. The van der Waals surface area contributed by atoms with E-state index in [0.717, 1.165) is 16.3 Å². The van der Waals surface area contributed by atoms with Crippen LogP contribution in [0.15, 0.2) is 30.7 Å². The number of aromatic nitrogens is 3. The first-order chi connectivity index (χ1) is 10.6. The maximum Gasteiger partial charge on any atom is 0.425 e. The van der Waals surface area contributed by atoms with E-state index in [4.69, 9.17) is 0 Å². The quantitative estimate of drug-likeness (QED) is 0.898. The fraction of sp³-hybridized carbons (Fsp3) is 0.357. The van der Waals surface area contributed by atoms with Crippen molar-refractivity contribution in [1.29, 1.82) is 0 Å². The summed E-state index contributed by atoms with van der Waals surface area (Å²) in [5.74, 6) is -1.58. The molecule has 0 radical (unpaired) electrons. The number of imidazole rings is 1. The van der Waals surface area contributed by atoms with Crippen LogP contribution >= 0.6 is 0 Å². The molecule has 0 bridgehead atoms. The lowest BCUT2D eigenvalue weighted by Gasteiger charge is -2.29. The van der Waals surface area contributed by atoms with E-state index in [1.807, 2.05) is 0 Å². The Morgan fingerprint density at radius 3 is 2.52 bits per heavy atom. The predicted octanol–water partition coefficient (Wildman–Crippen LogP) is 1.90. The first-order valence-corrected chi connectivity index (χ1v) is 6.63. The topological polar surface area (TPSA) is 80.0 Å². The molecular formula is C14H15F3N4O2. The molecule has 124 valence electrons. The normalized spacial score (nSPS) is 14.3. The minimum absolute atomic E-state index is 0.102. The van der Waals surface area contributed by atoms with Crippen LogP contribution in [0.4, 0.5) is 19.0 Å². The standard InChI is InChI=1S/C14H15F3N4O2/c1-9-3-4-10(19-8-9)20-11(22)7-13(23,14(15,16)17)12-18-5-6-21(12)2/h3-6,8,23H,7H2,1-2H3,(H,19,20,22)/t13-/m0/s1. The molecule has 1 atom stereocenters. The summed E-state index contributed by atoms with van der Waals surface area (Å²) in [4.78, 5) is 19.3. The third-order valence-electron chi connectivity index (χ3n) is 3.26. The average Bonchev–Trinajstić information content (AvgIpc) is 2.86. The van der Waals surface area contributed by atoms with Crippen molar-refractivity contribution in [2.45, 2.75) is 25.1 Å². The van der Waals surface area contributed by atoms with E-state index in [9.17, 15) is 23.1 Å². The van der Waals surface area contributed by atoms with Gasteiger partial charge in [-0.3, -0.25) is 4.79 Å². The van der Waals surface area contributed by atoms with Crippen molar-refractivity contribution in [3.63, 3.8) is 0 Å². The third-order valence-corrected chi connectivity index (χ3v) is 3.26. The minimum Gasteiger partial charge on any atom is -0.374 e. The highest BCUT2D eigenvalue weighted by Crippen LogP contribution is 2.40. The van der Waals surface area contributed by atoms with E-state index in [2.05, 4.69) is 15.3 Å². The summed E-state index contributed by atoms with van der Waals surface area (Å²) in [6, 6.07) is 3.11. The van der Waals surface area contributed by atoms with Crippen LogP contribution in [-0.4, -0.2) is 31.7 Å². The summed E-state index contributed by atoms with van der Waals surface area (Å²) in [6.07, 6.45) is -2.46. The van der Waals surface area contributed by atoms with Crippen LogP contribution in [0.3, 0.4) is 0 Å². The maximum atomic E-state index is 13.3. The molecule has 23 heavy (non-hydrogen) atoms. The number of hydrogen-bond donors (Lipinski definition) is 2. The number of halogens is 3. The van der Waals surface area contributed by atoms with E-state index in [0.29, 0.717) is 0 Å². The molecule has 0 saturated carbocycles. The van der Waals surface area contributed by atoms with Gasteiger partial charge in [-0.15, -0.1) is 0 Å². The van der Waals surface area contributed by atoms with E-state index in [1.54, 1.807) is 13.0 Å². The van der Waals surface area contributed by atoms with Gasteiger partial charge in [0.15, 0.2) is 5.82 Å². The highest BCUT2D eigenvalue weighted by Gasteiger charge is 2.58. The Morgan fingerprint density at radius 2 is 2.04 bits per heavy atom. The third kappa shape index (κ3) is 3.50. The van der Waals surface area contributed by atoms with Crippen molar-refractivity contribution in [1.82, 2.24) is 14.5 Å². The Balaban J connectivity index is 2.23. The lowest BCUT2D eigenvalue weighted by Crippen LogP contribution is -2.46. The van der Waals surface area contributed by atoms with Gasteiger partial charge >= 0.3 is 6.18 Å². The molecule has 2 aromatic heterocycles. The van der Waals surface area contributed by atoms with Crippen molar-refractivity contribution in [2.75, 3.05) is 5.32 Å². The molecular weight excluding hydrogens is 313 g/mol. The SMILES string of the molecule is Cc1ccc(NC(=O)C[C@](O)(c2nccn2C)C(F)(F)F)nc1. The van der Waals surface area contributed by atoms with Crippen molar-refractivity contribution in [3.05, 3.63) is 42.1 Å². The van der Waals surface area contributed by atoms with Crippen molar-refractivity contribution in [2.24, 2.45) is 7.05 Å². The molecule has 2 N–H and O–H groups in total. The molecule has 2 rings (SSSR count). The predicted molar refractivity (Wildman–Crippen MR) is 75.4 cm³/mol. The van der Waals surface area contributed by atoms with Gasteiger partial charge in [-0.25, -0.2) is 9.97 Å². The zero-order valence-electron chi connectivity index (χ0n) is 12.4. The Labute approximate surface area is 130 Å². The lowest BCUT2D eigenvalue weighted by molar-refractivity contribution is -0.270. The van der Waals surface area contributed by atoms with E-state index in [1.165, 1.54) is 25.5 Å². The van der Waals surface area contributed by atoms with Gasteiger partial charge in [-0.1, -0.05) is 6.07 Å². The zero-order chi connectivity index (χ0) is 17.3. The number of aryl methyl sites for hydroxylation is 2. The van der Waals surface area contributed by atoms with Gasteiger partial charge in [0.2, 0.25) is 11.5 Å². The monoisotopic (exact) mass is 328 g/mol. The Bertz CT molecular complexity index is 697. The second-order valence-corrected chi connectivity index (χ2v) is 5.17. The summed E-state index contributed by atoms with van der Waals surface area (Å²) >= 11 is 0. The van der Waals surface area contributed by atoms with Crippen LogP contribution in [0.25, 0.3) is 0 Å². The number of aliphatic hydroxyl groups is 1. The molecule has 0 aliphatic rings. The highest BCUT2D eigenvalue weighted by molar-refractivity contribution is 5.90. The zero-order valence-corrected chi connectivity index (χ0v) is 12.4. The van der Waals surface area contributed by atoms with Crippen LogP contribution in [0, 0.1) is 6.92 Å². The number of alkyl halides is 3. The first kappa shape index (κ1) is 16.9. The lowest BCUT2D eigenvalue weighted by atomic mass is 9.97. The Morgan fingerprint density at radius 1 is 1.35 bits per heavy atom. The van der Waals surface area contributed by atoms with E-state index >= 15 is 0 Å². The van der Waals surface area contributed by atoms with Gasteiger partial charge < -0.3 is 15.0 Å². The molecule has 2 aromatic rings. The molecule has 0 saturated heterocycles. The van der Waals surface area contributed by atoms with Gasteiger partial charge in [-0.2, -0.15) is 13.2 Å². The minimum atomic E-state index is -5.07. The second kappa shape index (κ2) is 5.99. The highest BCUT2D eigenvalue weighted by atomic mass is 19.4. The van der Waals surface area contributed by atoms with Crippen LogP contribution in [0.1, 0.15) is 17.8 Å². The molecule has 0 aliphatic heterocycles. The number of pyridine rings is 1. The molecule has 9 heteroatoms. The van der Waals surface area contributed by atoms with Crippen LogP contribution in [-0.2, 0) is 17.4 Å². The Hall–Kier alpha value is -2.42. The smallest absolute Gasteiger partial charge is 0.374 e. The largest absolute Gasteiger partial charge is 0.425 e. The fourth-order valence-corrected chi connectivity index (χ4v) is 2.03. The summed E-state index contributed by atoms with van der Waals surface area (Å²) < 4.78 is 40.9. The number of carbonyl (C=O) groups is 1. The number of anilines is 1. The maximum absolute atomic E-state index is 13.3. The molecule has 0 aromatic carbocycles. The van der Waals surface area contributed by atoms with Gasteiger partial charge in [0.25, 0.3) is 0 Å². The summed E-state index contributed by atoms with van der Waals surface area (Å²) in [5, 5.41) is 12.3. The van der Waals surface area contributed by atoms with Gasteiger partial charge in [0.1, 0.15) is 5.82 Å². The van der Waals surface area contributed by atoms with Crippen molar-refractivity contribution in [3.8, 4) is 0 Å². The summed E-state index contributed by atoms with van der Waals surface area (Å²) in [5.41, 5.74) is -2.55. The molecule has 6 nitrogen and oxygen atoms in total. The van der Waals surface area contributed by atoms with E-state index < -0.39 is 29.9 Å². The Kier molecular flexibility index (Phi) is 4.42. The van der Waals surface area contributed by atoms with Gasteiger partial charge in [0, 0.05) is 25.6 Å². The average molecular weight is 328 g/mol. The fourth-order valence-electron chi connectivity index (χ4n) is 2.03. The van der Waals surface area contributed by atoms with Crippen molar-refractivity contribution >= 4 is 11.7 Å². The molecule has 0 aliphatic carbocycles. The summed E-state index contributed by atoms with van der Waals surface area (Å²) in [7, 11) is 1.30. The number of nitrogens with zero attached hydrogens (tertiary/aromatic N) is 3. The van der Waals surface area contributed by atoms with Gasteiger partial charge in [-0.05, 0) is 18.6 Å². The van der Waals surface area contributed by atoms with E-state index in [-0.39, 0.29) is 5.82 Å². The molecule has 0 spiro atoms. The van der Waals surface area contributed by atoms with Gasteiger partial charge in [0.05, 0.1) is 6.42 Å². The number of rotatable bonds is 4. The van der Waals surface area contributed by atoms with Crippen LogP contribution < -0.4 is 5.32 Å². The number of amides is 1. The second-order valence-electron chi connectivity index (χ2n) is 5.17. The van der Waals surface area contributed by atoms with Crippen LogP contribution in [0.5, 0.6) is 0 Å². The molecule has 2 heterocycles. The molecule has 0 unspecified atom stereocenters. The summed E-state index contributed by atoms with van der Waals surface area (Å²) in [6.45, 7) is 1.78.